The molecule has 0 atom stereocenters. The number of hydrogen-bond acceptors (Lipinski definition) is 2. The van der Waals surface area contributed by atoms with Gasteiger partial charge in [0.15, 0.2) is 0 Å². The van der Waals surface area contributed by atoms with Gasteiger partial charge in [-0.05, 0) is 36.6 Å². The van der Waals surface area contributed by atoms with E-state index in [2.05, 4.69) is 49.4 Å². The number of aryl methyl sites for hydroxylation is 1. The van der Waals surface area contributed by atoms with Crippen LogP contribution in [-0.2, 0) is 6.42 Å². The van der Waals surface area contributed by atoms with Crippen LogP contribution in [0.4, 0.5) is 0 Å². The van der Waals surface area contributed by atoms with Crippen LogP contribution in [0.25, 0.3) is 0 Å². The minimum Gasteiger partial charge on any atom is -0.0877 e. The van der Waals surface area contributed by atoms with Crippen LogP contribution >= 0.6 is 23.5 Å². The van der Waals surface area contributed by atoms with Crippen LogP contribution in [0.5, 0.6) is 0 Å². The standard InChI is InChI=1S/C30H44S2/c1-2-3-4-5-6-7-8-9-10-11-12-13-14-15-16-17-21-26-22-20-25-29-30(26)32-28-24-19-18-23-27(28)31-29/h18-20,22-25H,2-17,21H2,1H3. The number of rotatable bonds is 17. The zero-order valence-corrected chi connectivity index (χ0v) is 22.0. The number of hydrogen-bond donors (Lipinski definition) is 0. The van der Waals surface area contributed by atoms with Gasteiger partial charge in [-0.3, -0.25) is 0 Å². The maximum absolute atomic E-state index is 2.35. The summed E-state index contributed by atoms with van der Waals surface area (Å²) in [6.07, 6.45) is 24.2. The fourth-order valence-corrected chi connectivity index (χ4v) is 7.09. The Bertz CT molecular complexity index is 767. The average Bonchev–Trinajstić information content (AvgIpc) is 2.82. The summed E-state index contributed by atoms with van der Waals surface area (Å²) in [7, 11) is 0. The molecule has 1 aliphatic heterocycles. The number of unbranched alkanes of at least 4 members (excludes halogenated alkanes) is 15. The van der Waals surface area contributed by atoms with Gasteiger partial charge in [-0.1, -0.05) is 151 Å². The molecule has 0 nitrogen and oxygen atoms in total. The molecule has 0 fully saturated rings. The van der Waals surface area contributed by atoms with Gasteiger partial charge in [0.2, 0.25) is 0 Å². The summed E-state index contributed by atoms with van der Waals surface area (Å²) in [4.78, 5) is 5.79. The molecule has 176 valence electrons. The van der Waals surface area contributed by atoms with Gasteiger partial charge < -0.3 is 0 Å². The van der Waals surface area contributed by atoms with Crippen molar-refractivity contribution in [2.45, 2.75) is 136 Å². The highest BCUT2D eigenvalue weighted by molar-refractivity contribution is 8.05. The lowest BCUT2D eigenvalue weighted by Gasteiger charge is -2.20. The van der Waals surface area contributed by atoms with Crippen LogP contribution < -0.4 is 0 Å². The molecule has 2 aromatic rings. The molecule has 1 heterocycles. The summed E-state index contributed by atoms with van der Waals surface area (Å²) in [6, 6.07) is 15.7. The van der Waals surface area contributed by atoms with Crippen molar-refractivity contribution in [2.24, 2.45) is 0 Å². The van der Waals surface area contributed by atoms with Crippen LogP contribution in [0.2, 0.25) is 0 Å². The van der Waals surface area contributed by atoms with Crippen molar-refractivity contribution in [3.63, 3.8) is 0 Å². The maximum Gasteiger partial charge on any atom is 0.0294 e. The number of benzene rings is 2. The van der Waals surface area contributed by atoms with Crippen molar-refractivity contribution in [3.8, 4) is 0 Å². The molecule has 3 rings (SSSR count). The Morgan fingerprint density at radius 3 is 1.50 bits per heavy atom. The van der Waals surface area contributed by atoms with Crippen molar-refractivity contribution in [2.75, 3.05) is 0 Å². The highest BCUT2D eigenvalue weighted by Gasteiger charge is 2.18. The second-order valence-corrected chi connectivity index (χ2v) is 11.6. The highest BCUT2D eigenvalue weighted by Crippen LogP contribution is 2.49. The molecule has 0 N–H and O–H groups in total. The van der Waals surface area contributed by atoms with Crippen LogP contribution in [0.3, 0.4) is 0 Å². The van der Waals surface area contributed by atoms with E-state index in [4.69, 9.17) is 0 Å². The van der Waals surface area contributed by atoms with E-state index in [0.29, 0.717) is 0 Å². The van der Waals surface area contributed by atoms with Crippen LogP contribution in [0.1, 0.15) is 115 Å². The normalized spacial score (nSPS) is 12.5. The van der Waals surface area contributed by atoms with E-state index in [1.807, 2.05) is 23.5 Å². The Labute approximate surface area is 206 Å². The van der Waals surface area contributed by atoms with Crippen molar-refractivity contribution in [1.82, 2.24) is 0 Å². The SMILES string of the molecule is CCCCCCCCCCCCCCCCCCc1cccc2c1Sc1ccccc1S2. The van der Waals surface area contributed by atoms with Gasteiger partial charge in [0.1, 0.15) is 0 Å². The topological polar surface area (TPSA) is 0 Å². The van der Waals surface area contributed by atoms with Gasteiger partial charge in [-0.25, -0.2) is 0 Å². The molecule has 0 aliphatic carbocycles. The molecule has 2 aromatic carbocycles. The molecule has 32 heavy (non-hydrogen) atoms. The van der Waals surface area contributed by atoms with Gasteiger partial charge >= 0.3 is 0 Å². The molecule has 0 aromatic heterocycles. The fourth-order valence-electron chi connectivity index (χ4n) is 4.67. The van der Waals surface area contributed by atoms with E-state index in [9.17, 15) is 0 Å². The first-order valence-corrected chi connectivity index (χ1v) is 15.1. The largest absolute Gasteiger partial charge is 0.0877 e. The minimum atomic E-state index is 1.23. The molecule has 0 saturated heterocycles. The summed E-state index contributed by atoms with van der Waals surface area (Å²) < 4.78 is 0. The van der Waals surface area contributed by atoms with Gasteiger partial charge in [0.05, 0.1) is 0 Å². The predicted molar refractivity (Wildman–Crippen MR) is 144 cm³/mol. The van der Waals surface area contributed by atoms with Crippen LogP contribution in [0, 0.1) is 0 Å². The zero-order chi connectivity index (χ0) is 22.3. The lowest BCUT2D eigenvalue weighted by molar-refractivity contribution is 0.529. The van der Waals surface area contributed by atoms with E-state index in [0.717, 1.165) is 0 Å². The Kier molecular flexibility index (Phi) is 12.8. The molecule has 1 aliphatic rings. The second kappa shape index (κ2) is 15.9. The molecule has 0 bridgehead atoms. The van der Waals surface area contributed by atoms with Crippen LogP contribution in [0.15, 0.2) is 62.0 Å². The molecule has 0 saturated carbocycles. The first-order valence-electron chi connectivity index (χ1n) is 13.4. The third kappa shape index (κ3) is 9.18. The fraction of sp³-hybridized carbons (Fsp3) is 0.600. The predicted octanol–water partition coefficient (Wildman–Crippen LogP) is 11.1. The third-order valence-corrected chi connectivity index (χ3v) is 9.30. The van der Waals surface area contributed by atoms with E-state index in [1.165, 1.54) is 129 Å². The molecule has 0 radical (unpaired) electrons. The Morgan fingerprint density at radius 1 is 0.469 bits per heavy atom. The first-order chi connectivity index (χ1) is 15.9. The molecule has 0 amide bonds. The van der Waals surface area contributed by atoms with Crippen molar-refractivity contribution < 1.29 is 0 Å². The van der Waals surface area contributed by atoms with E-state index >= 15 is 0 Å². The van der Waals surface area contributed by atoms with E-state index in [1.54, 1.807) is 5.56 Å². The molecule has 0 spiro atoms. The highest BCUT2D eigenvalue weighted by atomic mass is 32.2. The van der Waals surface area contributed by atoms with Crippen LogP contribution in [-0.4, -0.2) is 0 Å². The average molecular weight is 469 g/mol. The van der Waals surface area contributed by atoms with E-state index < -0.39 is 0 Å². The number of fused-ring (bicyclic) bond motifs is 2. The monoisotopic (exact) mass is 468 g/mol. The van der Waals surface area contributed by atoms with E-state index in [-0.39, 0.29) is 0 Å². The Hall–Kier alpha value is -0.860. The van der Waals surface area contributed by atoms with Gasteiger partial charge in [-0.2, -0.15) is 0 Å². The third-order valence-electron chi connectivity index (χ3n) is 6.64. The van der Waals surface area contributed by atoms with Gasteiger partial charge in [0, 0.05) is 19.6 Å². The summed E-state index contributed by atoms with van der Waals surface area (Å²) in [6.45, 7) is 2.30. The summed E-state index contributed by atoms with van der Waals surface area (Å²) >= 11 is 3.92. The summed E-state index contributed by atoms with van der Waals surface area (Å²) in [5.41, 5.74) is 1.56. The maximum atomic E-state index is 2.35. The minimum absolute atomic E-state index is 1.23. The molecule has 2 heteroatoms. The molecular weight excluding hydrogens is 424 g/mol. The van der Waals surface area contributed by atoms with Gasteiger partial charge in [0.25, 0.3) is 0 Å². The van der Waals surface area contributed by atoms with Gasteiger partial charge in [-0.15, -0.1) is 0 Å². The lowest BCUT2D eigenvalue weighted by Crippen LogP contribution is -1.95. The Morgan fingerprint density at radius 2 is 0.938 bits per heavy atom. The van der Waals surface area contributed by atoms with Crippen molar-refractivity contribution >= 4 is 23.5 Å². The Balaban J connectivity index is 1.18. The summed E-state index contributed by atoms with van der Waals surface area (Å²) in [5, 5.41) is 0. The quantitative estimate of drug-likeness (QED) is 0.181. The molecular formula is C30H44S2. The zero-order valence-electron chi connectivity index (χ0n) is 20.4. The van der Waals surface area contributed by atoms with Crippen molar-refractivity contribution in [1.29, 1.82) is 0 Å². The summed E-state index contributed by atoms with van der Waals surface area (Å²) in [5.74, 6) is 0. The first kappa shape index (κ1) is 25.8. The molecule has 0 unspecified atom stereocenters. The lowest BCUT2D eigenvalue weighted by atomic mass is 10.0. The smallest absolute Gasteiger partial charge is 0.0294 e. The second-order valence-electron chi connectivity index (χ2n) is 9.45. The van der Waals surface area contributed by atoms with Crippen molar-refractivity contribution in [3.05, 3.63) is 48.0 Å².